The van der Waals surface area contributed by atoms with Gasteiger partial charge in [0.15, 0.2) is 0 Å². The molecule has 0 spiro atoms. The molecule has 0 fully saturated rings. The van der Waals surface area contributed by atoms with Crippen molar-refractivity contribution in [1.82, 2.24) is 14.8 Å². The Morgan fingerprint density at radius 1 is 0.782 bits per heavy atom. The Balaban J connectivity index is 2.00. The molecule has 296 valence electrons. The van der Waals surface area contributed by atoms with Gasteiger partial charge in [-0.05, 0) is 82.0 Å². The number of nitrogens with zero attached hydrogens (tertiary/aromatic N) is 3. The van der Waals surface area contributed by atoms with Crippen molar-refractivity contribution in [2.45, 2.75) is 79.8 Å². The molecule has 55 heavy (non-hydrogen) atoms. The Kier molecular flexibility index (Phi) is 20.9. The molecule has 1 heterocycles. The highest BCUT2D eigenvalue weighted by molar-refractivity contribution is 7.53. The van der Waals surface area contributed by atoms with Gasteiger partial charge in [0.25, 0.3) is 0 Å². The van der Waals surface area contributed by atoms with E-state index in [2.05, 4.69) is 23.7 Å². The molecule has 0 atom stereocenters. The summed E-state index contributed by atoms with van der Waals surface area (Å²) in [6.07, 6.45) is 3.31. The number of pyridine rings is 1. The lowest BCUT2D eigenvalue weighted by Gasteiger charge is -2.26. The summed E-state index contributed by atoms with van der Waals surface area (Å²) in [5.74, 6) is 12.6. The Bertz CT molecular complexity index is 1870. The lowest BCUT2D eigenvalue weighted by atomic mass is 9.99. The number of rotatable bonds is 23. The summed E-state index contributed by atoms with van der Waals surface area (Å²) in [7, 11) is -3.99. The molecule has 3 rings (SSSR count). The minimum Gasteiger partial charge on any atom is -0.466 e. The number of hydrogen-bond donors (Lipinski definition) is 0. The molecule has 14 heteroatoms. The third-order valence-corrected chi connectivity index (χ3v) is 10.2. The van der Waals surface area contributed by atoms with Crippen molar-refractivity contribution in [1.29, 1.82) is 0 Å². The molecule has 0 saturated carbocycles. The van der Waals surface area contributed by atoms with Gasteiger partial charge in [0.2, 0.25) is 0 Å². The molecule has 0 saturated heterocycles. The SMILES string of the molecule is CCCN(COP=O)Cc1cc(C#Cc2ccc(C#CCCCCC(=O)OCC)c3ccccc23)cc(CN(CC(=O)OCC)CP(=O)(OCC)OCC)n1. The van der Waals surface area contributed by atoms with Gasteiger partial charge in [-0.15, -0.1) is 0 Å². The fourth-order valence-corrected chi connectivity index (χ4v) is 7.71. The van der Waals surface area contributed by atoms with Crippen LogP contribution in [0.4, 0.5) is 0 Å². The largest absolute Gasteiger partial charge is 0.466 e. The number of esters is 2. The Morgan fingerprint density at radius 2 is 1.40 bits per heavy atom. The summed E-state index contributed by atoms with van der Waals surface area (Å²) < 4.78 is 51.2. The first kappa shape index (κ1) is 45.4. The van der Waals surface area contributed by atoms with E-state index < -0.39 is 22.3 Å². The van der Waals surface area contributed by atoms with Gasteiger partial charge in [0, 0.05) is 49.2 Å². The van der Waals surface area contributed by atoms with Crippen molar-refractivity contribution in [3.63, 3.8) is 0 Å². The van der Waals surface area contributed by atoms with Crippen LogP contribution in [0.25, 0.3) is 10.8 Å². The second-order valence-corrected chi connectivity index (χ2v) is 14.8. The van der Waals surface area contributed by atoms with Gasteiger partial charge in [-0.25, -0.2) is 4.57 Å². The van der Waals surface area contributed by atoms with Gasteiger partial charge in [0.05, 0.1) is 44.4 Å². The van der Waals surface area contributed by atoms with E-state index in [1.807, 2.05) is 60.4 Å². The first-order valence-electron chi connectivity index (χ1n) is 18.8. The average Bonchev–Trinajstić information content (AvgIpc) is 3.15. The molecule has 1 aromatic heterocycles. The minimum absolute atomic E-state index is 0.133. The van der Waals surface area contributed by atoms with Crippen LogP contribution in [-0.4, -0.2) is 79.3 Å². The monoisotopic (exact) mass is 793 g/mol. The normalized spacial score (nSPS) is 11.3. The zero-order valence-electron chi connectivity index (χ0n) is 32.6. The highest BCUT2D eigenvalue weighted by Gasteiger charge is 2.29. The van der Waals surface area contributed by atoms with Crippen molar-refractivity contribution >= 4 is 39.0 Å². The number of carbonyl (C=O) groups is 2. The minimum atomic E-state index is -3.57. The van der Waals surface area contributed by atoms with Crippen LogP contribution in [0.15, 0.2) is 48.5 Å². The van der Waals surface area contributed by atoms with Crippen molar-refractivity contribution < 1.29 is 41.8 Å². The van der Waals surface area contributed by atoms with Crippen molar-refractivity contribution in [2.24, 2.45) is 0 Å². The van der Waals surface area contributed by atoms with E-state index in [9.17, 15) is 18.7 Å². The first-order valence-corrected chi connectivity index (χ1v) is 21.2. The maximum Gasteiger partial charge on any atom is 0.344 e. The molecule has 0 amide bonds. The standard InChI is InChI=1S/C41H53N3O9P2/c1-6-25-43(31-51-54-47)28-36-26-33(27-37(42-36)29-44(30-41(46)50-8-3)32-55(48,52-9-4)53-10-5)21-22-35-24-23-34(38-18-15-16-19-39(35)38)17-13-11-12-14-20-40(45)49-7-2/h15-16,18-19,23-24,26-27H,6-12,14,20,25,28-32H2,1-5H3. The summed E-state index contributed by atoms with van der Waals surface area (Å²) in [6.45, 7) is 11.2. The number of ether oxygens (including phenoxy) is 2. The maximum atomic E-state index is 13.6. The first-order chi connectivity index (χ1) is 26.7. The third kappa shape index (κ3) is 16.4. The molecule has 0 radical (unpaired) electrons. The summed E-state index contributed by atoms with van der Waals surface area (Å²) in [4.78, 5) is 32.8. The van der Waals surface area contributed by atoms with Gasteiger partial charge >= 0.3 is 28.2 Å². The highest BCUT2D eigenvalue weighted by Crippen LogP contribution is 2.48. The van der Waals surface area contributed by atoms with Gasteiger partial charge in [-0.2, -0.15) is 0 Å². The smallest absolute Gasteiger partial charge is 0.344 e. The quantitative estimate of drug-likeness (QED) is 0.0302. The number of aromatic nitrogens is 1. The summed E-state index contributed by atoms with van der Waals surface area (Å²) in [5.41, 5.74) is 3.68. The average molecular weight is 794 g/mol. The Morgan fingerprint density at radius 3 is 2.00 bits per heavy atom. The van der Waals surface area contributed by atoms with Crippen LogP contribution in [-0.2, 0) is 54.9 Å². The summed E-state index contributed by atoms with van der Waals surface area (Å²) in [6, 6.07) is 15.7. The van der Waals surface area contributed by atoms with Gasteiger partial charge in [0.1, 0.15) is 13.0 Å². The maximum absolute atomic E-state index is 13.6. The molecule has 0 bridgehead atoms. The van der Waals surface area contributed by atoms with E-state index in [1.54, 1.807) is 32.6 Å². The van der Waals surface area contributed by atoms with Crippen molar-refractivity contribution in [3.8, 4) is 23.7 Å². The van der Waals surface area contributed by atoms with E-state index >= 15 is 0 Å². The lowest BCUT2D eigenvalue weighted by molar-refractivity contribution is -0.144. The molecule has 3 aromatic rings. The molecule has 0 unspecified atom stereocenters. The number of benzene rings is 2. The van der Waals surface area contributed by atoms with Crippen LogP contribution < -0.4 is 0 Å². The number of fused-ring (bicyclic) bond motifs is 1. The van der Waals surface area contributed by atoms with Crippen LogP contribution in [0.1, 0.15) is 94.8 Å². The van der Waals surface area contributed by atoms with E-state index in [-0.39, 0.29) is 51.9 Å². The van der Waals surface area contributed by atoms with Gasteiger partial charge < -0.3 is 18.5 Å². The van der Waals surface area contributed by atoms with Crippen LogP contribution >= 0.6 is 16.3 Å². The van der Waals surface area contributed by atoms with Crippen LogP contribution in [0, 0.1) is 23.7 Å². The van der Waals surface area contributed by atoms with Crippen LogP contribution in [0.5, 0.6) is 0 Å². The van der Waals surface area contributed by atoms with Crippen LogP contribution in [0.3, 0.4) is 0 Å². The van der Waals surface area contributed by atoms with Crippen LogP contribution in [0.2, 0.25) is 0 Å². The molecule has 0 aliphatic rings. The zero-order valence-corrected chi connectivity index (χ0v) is 34.4. The fourth-order valence-electron chi connectivity index (χ4n) is 5.79. The molecule has 0 aliphatic heterocycles. The fraction of sp³-hybridized carbons (Fsp3) is 0.488. The van der Waals surface area contributed by atoms with E-state index in [0.717, 1.165) is 41.2 Å². The second-order valence-electron chi connectivity index (χ2n) is 12.4. The number of carbonyl (C=O) groups excluding carboxylic acids is 2. The Labute approximate surface area is 327 Å². The lowest BCUT2D eigenvalue weighted by Crippen LogP contribution is -2.33. The third-order valence-electron chi connectivity index (χ3n) is 7.94. The summed E-state index contributed by atoms with van der Waals surface area (Å²) >= 11 is 0. The van der Waals surface area contributed by atoms with Gasteiger partial charge in [-0.3, -0.25) is 33.5 Å². The second kappa shape index (κ2) is 25.2. The topological polar surface area (TPSA) is 134 Å². The van der Waals surface area contributed by atoms with Crippen molar-refractivity contribution in [2.75, 3.05) is 52.5 Å². The molecule has 12 nitrogen and oxygen atoms in total. The number of hydrogen-bond acceptors (Lipinski definition) is 12. The summed E-state index contributed by atoms with van der Waals surface area (Å²) in [5, 5.41) is 1.95. The van der Waals surface area contributed by atoms with Crippen molar-refractivity contribution in [3.05, 3.63) is 76.6 Å². The van der Waals surface area contributed by atoms with E-state index in [1.165, 1.54) is 0 Å². The molecular weight excluding hydrogens is 740 g/mol. The number of unbranched alkanes of at least 4 members (excludes halogenated alkanes) is 2. The molecular formula is C41H53N3O9P2. The van der Waals surface area contributed by atoms with E-state index in [0.29, 0.717) is 49.5 Å². The molecule has 0 aliphatic carbocycles. The van der Waals surface area contributed by atoms with E-state index in [4.69, 9.17) is 28.0 Å². The Hall–Kier alpha value is -3.96. The molecule has 2 aromatic carbocycles. The highest BCUT2D eigenvalue weighted by atomic mass is 31.2. The predicted molar refractivity (Wildman–Crippen MR) is 213 cm³/mol. The predicted octanol–water partition coefficient (Wildman–Crippen LogP) is 8.09. The zero-order chi connectivity index (χ0) is 39.9. The molecule has 0 N–H and O–H groups in total. The van der Waals surface area contributed by atoms with Gasteiger partial charge in [-0.1, -0.05) is 54.9 Å².